The van der Waals surface area contributed by atoms with Crippen molar-refractivity contribution >= 4 is 34.8 Å². The van der Waals surface area contributed by atoms with Crippen LogP contribution in [0.15, 0.2) is 65.1 Å². The maximum Gasteiger partial charge on any atom is 0.449 e. The first-order valence-electron chi connectivity index (χ1n) is 9.22. The van der Waals surface area contributed by atoms with E-state index in [-0.39, 0.29) is 17.9 Å². The van der Waals surface area contributed by atoms with Crippen LogP contribution < -0.4 is 10.2 Å². The lowest BCUT2D eigenvalue weighted by atomic mass is 10.1. The molecule has 1 aromatic heterocycles. The van der Waals surface area contributed by atoms with E-state index in [0.29, 0.717) is 16.9 Å². The van der Waals surface area contributed by atoms with E-state index >= 15 is 0 Å². The number of rotatable bonds is 2. The Balaban J connectivity index is 0.000000186. The molecule has 0 bridgehead atoms. The molecule has 0 fully saturated rings. The molecule has 2 aromatic carbocycles. The minimum atomic E-state index is -4.58. The summed E-state index contributed by atoms with van der Waals surface area (Å²) in [6.45, 7) is -0.225. The molecule has 0 atom stereocenters. The number of para-hydroxylation sites is 2. The summed E-state index contributed by atoms with van der Waals surface area (Å²) < 4.78 is 42.1. The monoisotopic (exact) mass is 442 g/mol. The fourth-order valence-electron chi connectivity index (χ4n) is 3.27. The highest BCUT2D eigenvalue weighted by molar-refractivity contribution is 6.52. The number of ketones is 2. The van der Waals surface area contributed by atoms with Gasteiger partial charge in [0.05, 0.1) is 29.0 Å². The van der Waals surface area contributed by atoms with Gasteiger partial charge in [0.2, 0.25) is 5.76 Å². The number of nitrogens with one attached hydrogen (secondary N) is 1. The molecule has 2 aliphatic rings. The Hall–Kier alpha value is -4.21. The van der Waals surface area contributed by atoms with Crippen molar-refractivity contribution in [1.82, 2.24) is 0 Å². The number of furan rings is 1. The molecule has 3 heterocycles. The Kier molecular flexibility index (Phi) is 5.13. The minimum absolute atomic E-state index is 0.0415. The van der Waals surface area contributed by atoms with Gasteiger partial charge in [-0.25, -0.2) is 0 Å². The molecule has 0 radical (unpaired) electrons. The molecule has 7 nitrogen and oxygen atoms in total. The molecule has 0 unspecified atom stereocenters. The van der Waals surface area contributed by atoms with Crippen molar-refractivity contribution in [3.8, 4) is 0 Å². The molecule has 10 heteroatoms. The lowest BCUT2D eigenvalue weighted by molar-refractivity contribution is -0.153. The molecule has 0 saturated carbocycles. The second-order valence-corrected chi connectivity index (χ2v) is 6.83. The zero-order valence-corrected chi connectivity index (χ0v) is 16.1. The number of carbonyl (C=O) groups is 4. The van der Waals surface area contributed by atoms with Gasteiger partial charge < -0.3 is 9.73 Å². The van der Waals surface area contributed by atoms with Crippen molar-refractivity contribution in [2.75, 3.05) is 10.2 Å². The second-order valence-electron chi connectivity index (χ2n) is 6.83. The quantitative estimate of drug-likeness (QED) is 0.609. The zero-order valence-electron chi connectivity index (χ0n) is 16.1. The maximum absolute atomic E-state index is 12.5. The van der Waals surface area contributed by atoms with Crippen LogP contribution in [0.3, 0.4) is 0 Å². The summed E-state index contributed by atoms with van der Waals surface area (Å²) >= 11 is 0. The molecule has 5 rings (SSSR count). The van der Waals surface area contributed by atoms with E-state index in [1.807, 2.05) is 0 Å². The normalized spacial score (nSPS) is 14.7. The van der Waals surface area contributed by atoms with E-state index in [4.69, 9.17) is 0 Å². The predicted octanol–water partition coefficient (Wildman–Crippen LogP) is 3.85. The standard InChI is InChI=1S/C14H8F3NO3.C8H5NO2/c15-14(16,17)11-6-5-8(21-11)7-18-10-4-2-1-3-9(10)12(19)13(18)20;10-7-5-3-1-2-4-6(5)9-8(7)11/h1-6H,7H2;1-4H,(H,9,10,11). The van der Waals surface area contributed by atoms with Crippen LogP contribution in [0.1, 0.15) is 32.2 Å². The van der Waals surface area contributed by atoms with Gasteiger partial charge in [-0.15, -0.1) is 0 Å². The summed E-state index contributed by atoms with van der Waals surface area (Å²) in [5.74, 6) is -3.61. The largest absolute Gasteiger partial charge is 0.455 e. The van der Waals surface area contributed by atoms with Crippen LogP contribution in [0.25, 0.3) is 0 Å². The fraction of sp³-hybridized carbons (Fsp3) is 0.0909. The molecule has 32 heavy (non-hydrogen) atoms. The van der Waals surface area contributed by atoms with E-state index in [0.717, 1.165) is 17.0 Å². The number of halogens is 3. The molecule has 3 aromatic rings. The van der Waals surface area contributed by atoms with Crippen LogP contribution in [0.5, 0.6) is 0 Å². The number of carbonyl (C=O) groups excluding carboxylic acids is 4. The number of Topliss-reactive ketones (excluding diaryl/α,β-unsaturated/α-hetero) is 2. The molecule has 0 spiro atoms. The highest BCUT2D eigenvalue weighted by atomic mass is 19.4. The highest BCUT2D eigenvalue weighted by Crippen LogP contribution is 2.33. The molecular formula is C22H13F3N2O5. The van der Waals surface area contributed by atoms with Gasteiger partial charge in [-0.1, -0.05) is 24.3 Å². The van der Waals surface area contributed by atoms with E-state index in [1.54, 1.807) is 42.5 Å². The smallest absolute Gasteiger partial charge is 0.449 e. The number of benzene rings is 2. The number of nitrogens with zero attached hydrogens (tertiary/aromatic N) is 1. The van der Waals surface area contributed by atoms with Gasteiger partial charge >= 0.3 is 6.18 Å². The number of alkyl halides is 3. The lowest BCUT2D eigenvalue weighted by Gasteiger charge is -2.14. The molecule has 162 valence electrons. The second kappa shape index (κ2) is 7.80. The Morgan fingerprint density at radius 1 is 0.812 bits per heavy atom. The fourth-order valence-corrected chi connectivity index (χ4v) is 3.27. The van der Waals surface area contributed by atoms with Crippen LogP contribution in [0.4, 0.5) is 24.5 Å². The predicted molar refractivity (Wildman–Crippen MR) is 105 cm³/mol. The van der Waals surface area contributed by atoms with E-state index in [1.165, 1.54) is 6.07 Å². The first-order chi connectivity index (χ1) is 15.2. The molecule has 1 N–H and O–H groups in total. The first kappa shape index (κ1) is 21.0. The summed E-state index contributed by atoms with van der Waals surface area (Å²) in [6.07, 6.45) is -4.58. The first-order valence-corrected chi connectivity index (χ1v) is 9.22. The Morgan fingerprint density at radius 3 is 2.12 bits per heavy atom. The third-order valence-corrected chi connectivity index (χ3v) is 4.76. The lowest BCUT2D eigenvalue weighted by Crippen LogP contribution is -2.28. The van der Waals surface area contributed by atoms with Crippen molar-refractivity contribution < 1.29 is 36.8 Å². The number of amides is 2. The molecule has 0 saturated heterocycles. The number of anilines is 2. The summed E-state index contributed by atoms with van der Waals surface area (Å²) in [6, 6.07) is 15.1. The van der Waals surface area contributed by atoms with Gasteiger partial charge in [-0.2, -0.15) is 13.2 Å². The van der Waals surface area contributed by atoms with Crippen LogP contribution in [0, 0.1) is 0 Å². The Morgan fingerprint density at radius 2 is 1.47 bits per heavy atom. The van der Waals surface area contributed by atoms with Crippen molar-refractivity contribution in [2.24, 2.45) is 0 Å². The number of hydrogen-bond acceptors (Lipinski definition) is 5. The SMILES string of the molecule is O=C1C(=O)N(Cc2ccc(C(F)(F)F)o2)c2ccccc21.O=C1Nc2ccccc2C1=O. The van der Waals surface area contributed by atoms with Crippen LogP contribution in [-0.4, -0.2) is 23.4 Å². The molecular weight excluding hydrogens is 429 g/mol. The van der Waals surface area contributed by atoms with Crippen molar-refractivity contribution in [1.29, 1.82) is 0 Å². The summed E-state index contributed by atoms with van der Waals surface area (Å²) in [4.78, 5) is 46.5. The van der Waals surface area contributed by atoms with Crippen LogP contribution in [-0.2, 0) is 22.3 Å². The average molecular weight is 442 g/mol. The molecule has 2 amide bonds. The average Bonchev–Trinajstić information content (AvgIpc) is 3.42. The molecule has 0 aliphatic carbocycles. The van der Waals surface area contributed by atoms with Gasteiger partial charge in [0, 0.05) is 0 Å². The number of hydrogen-bond donors (Lipinski definition) is 1. The molecule has 2 aliphatic heterocycles. The third-order valence-electron chi connectivity index (χ3n) is 4.76. The Labute approximate surface area is 178 Å². The number of fused-ring (bicyclic) bond motifs is 2. The summed E-state index contributed by atoms with van der Waals surface area (Å²) in [7, 11) is 0. The van der Waals surface area contributed by atoms with E-state index in [2.05, 4.69) is 9.73 Å². The van der Waals surface area contributed by atoms with E-state index < -0.39 is 35.3 Å². The van der Waals surface area contributed by atoms with Gasteiger partial charge in [0.15, 0.2) is 0 Å². The minimum Gasteiger partial charge on any atom is -0.455 e. The zero-order chi connectivity index (χ0) is 23.0. The van der Waals surface area contributed by atoms with Crippen LogP contribution >= 0.6 is 0 Å². The Bertz CT molecular complexity index is 1260. The van der Waals surface area contributed by atoms with Gasteiger partial charge in [0.25, 0.3) is 23.4 Å². The topological polar surface area (TPSA) is 96.7 Å². The highest BCUT2D eigenvalue weighted by Gasteiger charge is 2.38. The van der Waals surface area contributed by atoms with E-state index in [9.17, 15) is 32.3 Å². The summed E-state index contributed by atoms with van der Waals surface area (Å²) in [5, 5.41) is 2.46. The van der Waals surface area contributed by atoms with Gasteiger partial charge in [-0.05, 0) is 36.4 Å². The third kappa shape index (κ3) is 3.78. The maximum atomic E-state index is 12.5. The van der Waals surface area contributed by atoms with Crippen LogP contribution in [0.2, 0.25) is 0 Å². The van der Waals surface area contributed by atoms with Crippen molar-refractivity contribution in [3.05, 3.63) is 83.3 Å². The van der Waals surface area contributed by atoms with Gasteiger partial charge in [0.1, 0.15) is 5.76 Å². The van der Waals surface area contributed by atoms with Crippen molar-refractivity contribution in [3.63, 3.8) is 0 Å². The van der Waals surface area contributed by atoms with Crippen molar-refractivity contribution in [2.45, 2.75) is 12.7 Å². The van der Waals surface area contributed by atoms with Gasteiger partial charge in [-0.3, -0.25) is 24.1 Å². The summed E-state index contributed by atoms with van der Waals surface area (Å²) in [5.41, 5.74) is 1.70.